The Morgan fingerprint density at radius 1 is 1.56 bits per heavy atom. The van der Waals surface area contributed by atoms with Crippen molar-refractivity contribution in [3.05, 3.63) is 23.5 Å². The SMILES string of the molecule is Cc1cc(N(C)C2CCS(=O)(=O)C2)c(CO)cn1. The summed E-state index contributed by atoms with van der Waals surface area (Å²) in [5.74, 6) is 0.441. The molecule has 0 spiro atoms. The van der Waals surface area contributed by atoms with Crippen LogP contribution in [-0.4, -0.2) is 43.1 Å². The molecule has 0 saturated carbocycles. The Morgan fingerprint density at radius 3 is 2.83 bits per heavy atom. The fourth-order valence-electron chi connectivity index (χ4n) is 2.30. The number of rotatable bonds is 3. The first kappa shape index (κ1) is 13.3. The van der Waals surface area contributed by atoms with Crippen molar-refractivity contribution in [1.82, 2.24) is 4.98 Å². The Hall–Kier alpha value is -1.14. The molecule has 1 unspecified atom stereocenters. The molecule has 5 nitrogen and oxygen atoms in total. The molecule has 1 N–H and O–H groups in total. The molecule has 0 amide bonds. The Labute approximate surface area is 107 Å². The van der Waals surface area contributed by atoms with Gasteiger partial charge in [-0.3, -0.25) is 4.98 Å². The number of aliphatic hydroxyl groups is 1. The van der Waals surface area contributed by atoms with Gasteiger partial charge in [-0.1, -0.05) is 0 Å². The highest BCUT2D eigenvalue weighted by atomic mass is 32.2. The van der Waals surface area contributed by atoms with Crippen LogP contribution in [0, 0.1) is 6.92 Å². The van der Waals surface area contributed by atoms with E-state index in [2.05, 4.69) is 4.98 Å². The van der Waals surface area contributed by atoms with Crippen LogP contribution < -0.4 is 4.90 Å². The van der Waals surface area contributed by atoms with Crippen LogP contribution >= 0.6 is 0 Å². The predicted molar refractivity (Wildman–Crippen MR) is 70.4 cm³/mol. The van der Waals surface area contributed by atoms with Crippen LogP contribution in [0.5, 0.6) is 0 Å². The third kappa shape index (κ3) is 2.64. The lowest BCUT2D eigenvalue weighted by molar-refractivity contribution is 0.281. The summed E-state index contributed by atoms with van der Waals surface area (Å²) in [6.07, 6.45) is 2.29. The minimum atomic E-state index is -2.90. The molecule has 1 aromatic heterocycles. The van der Waals surface area contributed by atoms with Gasteiger partial charge in [0.1, 0.15) is 0 Å². The summed E-state index contributed by atoms with van der Waals surface area (Å²) in [6.45, 7) is 1.79. The molecular weight excluding hydrogens is 252 g/mol. The highest BCUT2D eigenvalue weighted by molar-refractivity contribution is 7.91. The van der Waals surface area contributed by atoms with Gasteiger partial charge in [-0.2, -0.15) is 0 Å². The molecule has 1 saturated heterocycles. The van der Waals surface area contributed by atoms with Gasteiger partial charge in [0.15, 0.2) is 9.84 Å². The molecule has 1 fully saturated rings. The molecular formula is C12H18N2O3S. The van der Waals surface area contributed by atoms with Crippen LogP contribution in [0.2, 0.25) is 0 Å². The molecule has 0 bridgehead atoms. The zero-order valence-electron chi connectivity index (χ0n) is 10.6. The second kappa shape index (κ2) is 4.85. The van der Waals surface area contributed by atoms with E-state index < -0.39 is 9.84 Å². The van der Waals surface area contributed by atoms with Crippen LogP contribution in [0.15, 0.2) is 12.3 Å². The van der Waals surface area contributed by atoms with Gasteiger partial charge in [0, 0.05) is 36.2 Å². The Balaban J connectivity index is 2.28. The third-order valence-corrected chi connectivity index (χ3v) is 5.16. The molecule has 18 heavy (non-hydrogen) atoms. The minimum absolute atomic E-state index is 0.0119. The number of pyridine rings is 1. The normalized spacial score (nSPS) is 22.1. The summed E-state index contributed by atoms with van der Waals surface area (Å²) in [4.78, 5) is 6.09. The van der Waals surface area contributed by atoms with Crippen molar-refractivity contribution in [2.45, 2.75) is 26.0 Å². The van der Waals surface area contributed by atoms with Crippen molar-refractivity contribution in [3.63, 3.8) is 0 Å². The molecule has 2 rings (SSSR count). The Bertz CT molecular complexity index is 542. The molecule has 1 aliphatic rings. The average Bonchev–Trinajstić information content (AvgIpc) is 2.68. The van der Waals surface area contributed by atoms with E-state index in [4.69, 9.17) is 0 Å². The lowest BCUT2D eigenvalue weighted by Crippen LogP contribution is -2.33. The zero-order valence-corrected chi connectivity index (χ0v) is 11.4. The molecule has 100 valence electrons. The van der Waals surface area contributed by atoms with Gasteiger partial charge < -0.3 is 10.0 Å². The summed E-state index contributed by atoms with van der Waals surface area (Å²) in [6, 6.07) is 1.87. The maximum absolute atomic E-state index is 11.5. The largest absolute Gasteiger partial charge is 0.392 e. The lowest BCUT2D eigenvalue weighted by Gasteiger charge is -2.27. The molecule has 2 heterocycles. The predicted octanol–water partition coefficient (Wildman–Crippen LogP) is 0.506. The van der Waals surface area contributed by atoms with Crippen LogP contribution in [0.1, 0.15) is 17.7 Å². The number of hydrogen-bond donors (Lipinski definition) is 1. The van der Waals surface area contributed by atoms with E-state index in [0.29, 0.717) is 6.42 Å². The number of hydrogen-bond acceptors (Lipinski definition) is 5. The summed E-state index contributed by atoms with van der Waals surface area (Å²) >= 11 is 0. The topological polar surface area (TPSA) is 70.5 Å². The highest BCUT2D eigenvalue weighted by Gasteiger charge is 2.31. The molecule has 1 aromatic rings. The summed E-state index contributed by atoms with van der Waals surface area (Å²) in [5.41, 5.74) is 2.45. The van der Waals surface area contributed by atoms with Gasteiger partial charge in [0.2, 0.25) is 0 Å². The number of aliphatic hydroxyl groups excluding tert-OH is 1. The Morgan fingerprint density at radius 2 is 2.28 bits per heavy atom. The smallest absolute Gasteiger partial charge is 0.152 e. The molecule has 0 radical (unpaired) electrons. The second-order valence-corrected chi connectivity index (χ2v) is 7.01. The van der Waals surface area contributed by atoms with Gasteiger partial charge in [-0.15, -0.1) is 0 Å². The van der Waals surface area contributed by atoms with Gasteiger partial charge in [0.25, 0.3) is 0 Å². The first-order valence-corrected chi connectivity index (χ1v) is 7.75. The molecule has 0 aliphatic carbocycles. The maximum Gasteiger partial charge on any atom is 0.152 e. The highest BCUT2D eigenvalue weighted by Crippen LogP contribution is 2.26. The van der Waals surface area contributed by atoms with Crippen molar-refractivity contribution >= 4 is 15.5 Å². The first-order valence-electron chi connectivity index (χ1n) is 5.92. The van der Waals surface area contributed by atoms with Crippen molar-refractivity contribution in [2.75, 3.05) is 23.5 Å². The number of anilines is 1. The number of sulfone groups is 1. The van der Waals surface area contributed by atoms with E-state index in [1.165, 1.54) is 0 Å². The van der Waals surface area contributed by atoms with Gasteiger partial charge >= 0.3 is 0 Å². The number of aromatic nitrogens is 1. The van der Waals surface area contributed by atoms with Crippen LogP contribution in [0.25, 0.3) is 0 Å². The monoisotopic (exact) mass is 270 g/mol. The number of aryl methyl sites for hydroxylation is 1. The number of nitrogens with zero attached hydrogens (tertiary/aromatic N) is 2. The van der Waals surface area contributed by atoms with Crippen LogP contribution in [0.4, 0.5) is 5.69 Å². The average molecular weight is 270 g/mol. The quantitative estimate of drug-likeness (QED) is 0.866. The second-order valence-electron chi connectivity index (χ2n) is 4.78. The third-order valence-electron chi connectivity index (χ3n) is 3.41. The van der Waals surface area contributed by atoms with E-state index >= 15 is 0 Å². The maximum atomic E-state index is 11.5. The minimum Gasteiger partial charge on any atom is -0.392 e. The van der Waals surface area contributed by atoms with Crippen molar-refractivity contribution < 1.29 is 13.5 Å². The van der Waals surface area contributed by atoms with E-state index in [1.807, 2.05) is 24.9 Å². The van der Waals surface area contributed by atoms with Gasteiger partial charge in [0.05, 0.1) is 18.1 Å². The fourth-order valence-corrected chi connectivity index (χ4v) is 4.08. The molecule has 0 aromatic carbocycles. The molecule has 1 aliphatic heterocycles. The molecule has 1 atom stereocenters. The van der Waals surface area contributed by atoms with E-state index in [9.17, 15) is 13.5 Å². The van der Waals surface area contributed by atoms with Gasteiger partial charge in [-0.25, -0.2) is 8.42 Å². The van der Waals surface area contributed by atoms with Gasteiger partial charge in [-0.05, 0) is 19.4 Å². The van der Waals surface area contributed by atoms with Crippen molar-refractivity contribution in [3.8, 4) is 0 Å². The summed E-state index contributed by atoms with van der Waals surface area (Å²) < 4.78 is 23.0. The lowest BCUT2D eigenvalue weighted by atomic mass is 10.1. The van der Waals surface area contributed by atoms with E-state index in [0.717, 1.165) is 16.9 Å². The standard InChI is InChI=1S/C12H18N2O3S/c1-9-5-12(10(7-15)6-13-9)14(2)11-3-4-18(16,17)8-11/h5-6,11,15H,3-4,7-8H2,1-2H3. The van der Waals surface area contributed by atoms with Crippen molar-refractivity contribution in [2.24, 2.45) is 0 Å². The van der Waals surface area contributed by atoms with Crippen molar-refractivity contribution in [1.29, 1.82) is 0 Å². The zero-order chi connectivity index (χ0) is 13.3. The fraction of sp³-hybridized carbons (Fsp3) is 0.583. The first-order chi connectivity index (χ1) is 8.43. The summed E-state index contributed by atoms with van der Waals surface area (Å²) in [5, 5.41) is 9.32. The summed E-state index contributed by atoms with van der Waals surface area (Å²) in [7, 11) is -1.02. The van der Waals surface area contributed by atoms with E-state index in [-0.39, 0.29) is 24.2 Å². The molecule has 6 heteroatoms. The Kier molecular flexibility index (Phi) is 3.59. The van der Waals surface area contributed by atoms with E-state index in [1.54, 1.807) is 6.20 Å². The van der Waals surface area contributed by atoms with Crippen LogP contribution in [-0.2, 0) is 16.4 Å². The van der Waals surface area contributed by atoms with Crippen LogP contribution in [0.3, 0.4) is 0 Å².